The number of amides is 1. The third-order valence-electron chi connectivity index (χ3n) is 3.64. The molecule has 1 aromatic rings. The minimum absolute atomic E-state index is 0. The minimum Gasteiger partial charge on any atom is -0.433 e. The molecule has 4 nitrogen and oxygen atoms in total. The van der Waals surface area contributed by atoms with Crippen LogP contribution in [0.15, 0.2) is 11.4 Å². The molecule has 0 aromatic carbocycles. The quantitative estimate of drug-likeness (QED) is 0.920. The third kappa shape index (κ3) is 4.05. The van der Waals surface area contributed by atoms with Gasteiger partial charge in [0.05, 0.1) is 0 Å². The molecule has 1 saturated heterocycles. The van der Waals surface area contributed by atoms with E-state index in [1.807, 2.05) is 13.8 Å². The number of halogens is 3. The summed E-state index contributed by atoms with van der Waals surface area (Å²) < 4.78 is 29.0. The van der Waals surface area contributed by atoms with E-state index in [0.29, 0.717) is 19.5 Å². The molecule has 0 bridgehead atoms. The number of likely N-dealkylation sites (tertiary alicyclic amines) is 1. The second kappa shape index (κ2) is 6.89. The van der Waals surface area contributed by atoms with Gasteiger partial charge in [-0.05, 0) is 23.3 Å². The monoisotopic (exact) mass is 340 g/mol. The molecule has 1 amide bonds. The molecule has 0 radical (unpaired) electrons. The van der Waals surface area contributed by atoms with Crippen LogP contribution in [0.2, 0.25) is 0 Å². The van der Waals surface area contributed by atoms with Gasteiger partial charge in [-0.3, -0.25) is 4.79 Å². The number of thiophene rings is 1. The summed E-state index contributed by atoms with van der Waals surface area (Å²) in [6, 6.07) is 1.43. The van der Waals surface area contributed by atoms with Gasteiger partial charge in [0.15, 0.2) is 0 Å². The lowest BCUT2D eigenvalue weighted by molar-refractivity contribution is -0.0500. The van der Waals surface area contributed by atoms with Crippen LogP contribution in [0.1, 0.15) is 29.9 Å². The van der Waals surface area contributed by atoms with Crippen LogP contribution in [-0.2, 0) is 0 Å². The van der Waals surface area contributed by atoms with Crippen molar-refractivity contribution >= 4 is 29.7 Å². The van der Waals surface area contributed by atoms with Crippen LogP contribution >= 0.6 is 23.7 Å². The highest BCUT2D eigenvalue weighted by Gasteiger charge is 2.36. The van der Waals surface area contributed by atoms with Gasteiger partial charge in [0.2, 0.25) is 0 Å². The van der Waals surface area contributed by atoms with E-state index in [1.165, 1.54) is 6.07 Å². The maximum Gasteiger partial charge on any atom is 0.387 e. The summed E-state index contributed by atoms with van der Waals surface area (Å²) in [4.78, 5) is 14.3. The molecule has 8 heteroatoms. The van der Waals surface area contributed by atoms with Gasteiger partial charge in [-0.2, -0.15) is 8.78 Å². The van der Waals surface area contributed by atoms with Crippen molar-refractivity contribution in [3.63, 3.8) is 0 Å². The Labute approximate surface area is 132 Å². The predicted octanol–water partition coefficient (Wildman–Crippen LogP) is 2.97. The molecule has 0 saturated carbocycles. The molecule has 2 rings (SSSR count). The molecule has 2 N–H and O–H groups in total. The van der Waals surface area contributed by atoms with Crippen molar-refractivity contribution in [1.29, 1.82) is 0 Å². The van der Waals surface area contributed by atoms with Crippen molar-refractivity contribution in [2.75, 3.05) is 13.1 Å². The van der Waals surface area contributed by atoms with Gasteiger partial charge in [0, 0.05) is 19.1 Å². The first kappa shape index (κ1) is 18.1. The average Bonchev–Trinajstić information content (AvgIpc) is 2.79. The van der Waals surface area contributed by atoms with Gasteiger partial charge in [-0.1, -0.05) is 13.8 Å². The second-order valence-corrected chi connectivity index (χ2v) is 6.52. The summed E-state index contributed by atoms with van der Waals surface area (Å²) in [5.74, 6) is -0.321. The van der Waals surface area contributed by atoms with E-state index in [2.05, 4.69) is 4.74 Å². The van der Waals surface area contributed by atoms with Crippen molar-refractivity contribution < 1.29 is 18.3 Å². The lowest BCUT2D eigenvalue weighted by Gasteiger charge is -2.42. The number of nitrogens with zero attached hydrogens (tertiary/aromatic N) is 1. The number of carbonyl (C=O) groups excluding carboxylic acids is 1. The summed E-state index contributed by atoms with van der Waals surface area (Å²) in [6.45, 7) is 2.13. The van der Waals surface area contributed by atoms with Crippen LogP contribution in [0.3, 0.4) is 0 Å². The number of hydrogen-bond acceptors (Lipinski definition) is 4. The summed E-state index contributed by atoms with van der Waals surface area (Å²) in [6.07, 6.45) is 0.704. The molecule has 21 heavy (non-hydrogen) atoms. The Morgan fingerprint density at radius 3 is 2.81 bits per heavy atom. The van der Waals surface area contributed by atoms with E-state index >= 15 is 0 Å². The van der Waals surface area contributed by atoms with E-state index in [-0.39, 0.29) is 40.4 Å². The van der Waals surface area contributed by atoms with Gasteiger partial charge < -0.3 is 15.4 Å². The van der Waals surface area contributed by atoms with E-state index in [4.69, 9.17) is 5.73 Å². The number of carbonyl (C=O) groups is 1. The molecule has 120 valence electrons. The number of ether oxygens (including phenoxy) is 1. The summed E-state index contributed by atoms with van der Waals surface area (Å²) >= 11 is 1.11. The first-order chi connectivity index (χ1) is 9.31. The standard InChI is InChI=1S/C13H18F2N2O2S.ClH/c1-13(2)7-17(5-3-9(13)16)11(18)10-8(4-6-20-10)19-12(14)15;/h4,6,9,12H,3,5,7,16H2,1-2H3;1H. The van der Waals surface area contributed by atoms with E-state index < -0.39 is 6.61 Å². The number of alkyl halides is 2. The average molecular weight is 341 g/mol. The maximum atomic E-state index is 12.4. The molecule has 1 atom stereocenters. The number of piperidine rings is 1. The summed E-state index contributed by atoms with van der Waals surface area (Å²) in [5, 5.41) is 1.58. The van der Waals surface area contributed by atoms with Gasteiger partial charge in [0.1, 0.15) is 10.6 Å². The van der Waals surface area contributed by atoms with Crippen molar-refractivity contribution in [3.05, 3.63) is 16.3 Å². The minimum atomic E-state index is -2.93. The molecule has 1 aliphatic rings. The van der Waals surface area contributed by atoms with Gasteiger partial charge >= 0.3 is 6.61 Å². The van der Waals surface area contributed by atoms with Crippen LogP contribution < -0.4 is 10.5 Å². The Kier molecular flexibility index (Phi) is 5.95. The fraction of sp³-hybridized carbons (Fsp3) is 0.615. The smallest absolute Gasteiger partial charge is 0.387 e. The molecular weight excluding hydrogens is 322 g/mol. The number of hydrogen-bond donors (Lipinski definition) is 1. The Balaban J connectivity index is 0.00000220. The van der Waals surface area contributed by atoms with Gasteiger partial charge in [-0.25, -0.2) is 0 Å². The molecule has 1 aliphatic heterocycles. The summed E-state index contributed by atoms with van der Waals surface area (Å²) in [7, 11) is 0. The van der Waals surface area contributed by atoms with Crippen LogP contribution in [0.4, 0.5) is 8.78 Å². The Hall–Kier alpha value is -0.920. The molecular formula is C13H19ClF2N2O2S. The first-order valence-electron chi connectivity index (χ1n) is 6.38. The fourth-order valence-corrected chi connectivity index (χ4v) is 3.12. The van der Waals surface area contributed by atoms with Crippen LogP contribution in [0.5, 0.6) is 5.75 Å². The Morgan fingerprint density at radius 2 is 2.24 bits per heavy atom. The third-order valence-corrected chi connectivity index (χ3v) is 4.52. The zero-order valence-corrected chi connectivity index (χ0v) is 13.5. The summed E-state index contributed by atoms with van der Waals surface area (Å²) in [5.41, 5.74) is 5.84. The maximum absolute atomic E-state index is 12.4. The second-order valence-electron chi connectivity index (χ2n) is 5.60. The Bertz CT molecular complexity index is 496. The predicted molar refractivity (Wildman–Crippen MR) is 80.5 cm³/mol. The topological polar surface area (TPSA) is 55.6 Å². The zero-order valence-electron chi connectivity index (χ0n) is 11.8. The van der Waals surface area contributed by atoms with Crippen LogP contribution in [-0.4, -0.2) is 36.5 Å². The fourth-order valence-electron chi connectivity index (χ4n) is 2.33. The van der Waals surface area contributed by atoms with Crippen molar-refractivity contribution in [1.82, 2.24) is 4.90 Å². The lowest BCUT2D eigenvalue weighted by atomic mass is 9.79. The van der Waals surface area contributed by atoms with Crippen molar-refractivity contribution in [3.8, 4) is 5.75 Å². The first-order valence-corrected chi connectivity index (χ1v) is 7.26. The van der Waals surface area contributed by atoms with E-state index in [9.17, 15) is 13.6 Å². The highest BCUT2D eigenvalue weighted by atomic mass is 35.5. The molecule has 2 heterocycles. The zero-order chi connectivity index (χ0) is 14.9. The van der Waals surface area contributed by atoms with E-state index in [1.54, 1.807) is 10.3 Å². The van der Waals surface area contributed by atoms with Gasteiger partial charge in [-0.15, -0.1) is 23.7 Å². The number of nitrogens with two attached hydrogens (primary N) is 1. The van der Waals surface area contributed by atoms with Crippen molar-refractivity contribution in [2.45, 2.75) is 32.9 Å². The highest BCUT2D eigenvalue weighted by Crippen LogP contribution is 2.32. The normalized spacial score (nSPS) is 21.0. The molecule has 1 fully saturated rings. The molecule has 1 unspecified atom stereocenters. The van der Waals surface area contributed by atoms with Gasteiger partial charge in [0.25, 0.3) is 5.91 Å². The number of rotatable bonds is 3. The largest absolute Gasteiger partial charge is 0.433 e. The Morgan fingerprint density at radius 1 is 1.57 bits per heavy atom. The molecule has 0 aliphatic carbocycles. The highest BCUT2D eigenvalue weighted by molar-refractivity contribution is 7.12. The molecule has 1 aromatic heterocycles. The van der Waals surface area contributed by atoms with Crippen LogP contribution in [0.25, 0.3) is 0 Å². The molecule has 0 spiro atoms. The van der Waals surface area contributed by atoms with Crippen LogP contribution in [0, 0.1) is 5.41 Å². The SMILES string of the molecule is CC1(C)CN(C(=O)c2sccc2OC(F)F)CCC1N.Cl. The lowest BCUT2D eigenvalue weighted by Crippen LogP contribution is -2.53. The van der Waals surface area contributed by atoms with E-state index in [0.717, 1.165) is 11.3 Å². The van der Waals surface area contributed by atoms with Crippen molar-refractivity contribution in [2.24, 2.45) is 11.1 Å².